The SMILES string of the molecule is COC(=O)c1ccc(S(=O)(=O)N2CC[C@H]3CCCC[C@H]32)o1. The minimum atomic E-state index is -3.67. The highest BCUT2D eigenvalue weighted by Gasteiger charge is 2.43. The van der Waals surface area contributed by atoms with Crippen LogP contribution < -0.4 is 0 Å². The molecule has 1 saturated carbocycles. The third-order valence-electron chi connectivity index (χ3n) is 4.49. The first-order chi connectivity index (χ1) is 10.0. The summed E-state index contributed by atoms with van der Waals surface area (Å²) in [5.41, 5.74) is 0. The van der Waals surface area contributed by atoms with Crippen LogP contribution in [0.1, 0.15) is 42.7 Å². The van der Waals surface area contributed by atoms with Gasteiger partial charge in [0.15, 0.2) is 0 Å². The third kappa shape index (κ3) is 2.48. The summed E-state index contributed by atoms with van der Waals surface area (Å²) in [6, 6.07) is 2.75. The van der Waals surface area contributed by atoms with Crippen molar-refractivity contribution in [1.82, 2.24) is 4.31 Å². The van der Waals surface area contributed by atoms with Crippen molar-refractivity contribution in [2.45, 2.75) is 43.2 Å². The number of hydrogen-bond donors (Lipinski definition) is 0. The van der Waals surface area contributed by atoms with Crippen molar-refractivity contribution in [3.8, 4) is 0 Å². The molecule has 6 nitrogen and oxygen atoms in total. The van der Waals surface area contributed by atoms with Crippen LogP contribution in [0.3, 0.4) is 0 Å². The maximum absolute atomic E-state index is 12.7. The van der Waals surface area contributed by atoms with Crippen molar-refractivity contribution in [2.24, 2.45) is 5.92 Å². The van der Waals surface area contributed by atoms with E-state index in [0.29, 0.717) is 12.5 Å². The van der Waals surface area contributed by atoms with Gasteiger partial charge in [-0.05, 0) is 37.3 Å². The van der Waals surface area contributed by atoms with Gasteiger partial charge in [0.05, 0.1) is 7.11 Å². The van der Waals surface area contributed by atoms with Gasteiger partial charge in [0.2, 0.25) is 10.9 Å². The zero-order valence-electron chi connectivity index (χ0n) is 11.9. The lowest BCUT2D eigenvalue weighted by atomic mass is 9.86. The quantitative estimate of drug-likeness (QED) is 0.798. The fraction of sp³-hybridized carbons (Fsp3) is 0.643. The lowest BCUT2D eigenvalue weighted by Crippen LogP contribution is -2.39. The Morgan fingerprint density at radius 2 is 2.05 bits per heavy atom. The zero-order chi connectivity index (χ0) is 15.0. The topological polar surface area (TPSA) is 76.8 Å². The number of carbonyl (C=O) groups excluding carboxylic acids is 1. The first-order valence-corrected chi connectivity index (χ1v) is 8.68. The standard InChI is InChI=1S/C14H19NO5S/c1-19-14(16)12-6-7-13(20-12)21(17,18)15-9-8-10-4-2-3-5-11(10)15/h6-7,10-11H,2-5,8-9H2,1H3/t10-,11-/m1/s1. The van der Waals surface area contributed by atoms with E-state index >= 15 is 0 Å². The van der Waals surface area contributed by atoms with E-state index in [4.69, 9.17) is 4.42 Å². The van der Waals surface area contributed by atoms with Crippen molar-refractivity contribution >= 4 is 16.0 Å². The Kier molecular flexibility index (Phi) is 3.79. The molecule has 2 aliphatic rings. The fourth-order valence-corrected chi connectivity index (χ4v) is 5.09. The molecular formula is C14H19NO5S. The summed E-state index contributed by atoms with van der Waals surface area (Å²) in [7, 11) is -2.44. The number of hydrogen-bond acceptors (Lipinski definition) is 5. The van der Waals surface area contributed by atoms with Crippen LogP contribution in [-0.2, 0) is 14.8 Å². The van der Waals surface area contributed by atoms with E-state index in [0.717, 1.165) is 25.7 Å². The van der Waals surface area contributed by atoms with Crippen molar-refractivity contribution < 1.29 is 22.4 Å². The molecule has 0 radical (unpaired) electrons. The Morgan fingerprint density at radius 3 is 2.81 bits per heavy atom. The number of esters is 1. The minimum absolute atomic E-state index is 0.0791. The number of rotatable bonds is 3. The Labute approximate surface area is 124 Å². The molecule has 1 aromatic rings. The zero-order valence-corrected chi connectivity index (χ0v) is 12.8. The van der Waals surface area contributed by atoms with E-state index in [1.807, 2.05) is 0 Å². The van der Waals surface area contributed by atoms with E-state index in [1.54, 1.807) is 4.31 Å². The number of sulfonamides is 1. The maximum Gasteiger partial charge on any atom is 0.374 e. The van der Waals surface area contributed by atoms with Crippen LogP contribution in [0.15, 0.2) is 21.6 Å². The molecule has 21 heavy (non-hydrogen) atoms. The summed E-state index contributed by atoms with van der Waals surface area (Å²) in [6.07, 6.45) is 5.17. The third-order valence-corrected chi connectivity index (χ3v) is 6.29. The number of fused-ring (bicyclic) bond motifs is 1. The van der Waals surface area contributed by atoms with Gasteiger partial charge in [-0.2, -0.15) is 4.31 Å². The molecule has 0 bridgehead atoms. The predicted molar refractivity (Wildman–Crippen MR) is 74.3 cm³/mol. The molecule has 2 fully saturated rings. The van der Waals surface area contributed by atoms with Crippen LogP contribution in [0.25, 0.3) is 0 Å². The van der Waals surface area contributed by atoms with Crippen LogP contribution >= 0.6 is 0 Å². The molecule has 0 N–H and O–H groups in total. The number of carbonyl (C=O) groups is 1. The van der Waals surface area contributed by atoms with Crippen LogP contribution in [0, 0.1) is 5.92 Å². The van der Waals surface area contributed by atoms with E-state index in [9.17, 15) is 13.2 Å². The lowest BCUT2D eigenvalue weighted by Gasteiger charge is -2.30. The average Bonchev–Trinajstić information content (AvgIpc) is 3.13. The number of furan rings is 1. The highest BCUT2D eigenvalue weighted by atomic mass is 32.2. The molecule has 2 heterocycles. The molecule has 0 unspecified atom stereocenters. The Morgan fingerprint density at radius 1 is 1.29 bits per heavy atom. The number of nitrogens with zero attached hydrogens (tertiary/aromatic N) is 1. The van der Waals surface area contributed by atoms with Gasteiger partial charge in [0.1, 0.15) is 0 Å². The van der Waals surface area contributed by atoms with Crippen LogP contribution in [0.4, 0.5) is 0 Å². The lowest BCUT2D eigenvalue weighted by molar-refractivity contribution is 0.0558. The van der Waals surface area contributed by atoms with Crippen molar-refractivity contribution in [3.05, 3.63) is 17.9 Å². The maximum atomic E-state index is 12.7. The van der Waals surface area contributed by atoms with Gasteiger partial charge in [-0.1, -0.05) is 12.8 Å². The monoisotopic (exact) mass is 313 g/mol. The Bertz CT molecular complexity index is 636. The second kappa shape index (κ2) is 5.46. The molecule has 1 aromatic heterocycles. The minimum Gasteiger partial charge on any atom is -0.463 e. The van der Waals surface area contributed by atoms with Crippen LogP contribution in [-0.4, -0.2) is 38.4 Å². The van der Waals surface area contributed by atoms with Gasteiger partial charge in [0.25, 0.3) is 10.0 Å². The number of methoxy groups -OCH3 is 1. The first kappa shape index (κ1) is 14.6. The van der Waals surface area contributed by atoms with Gasteiger partial charge < -0.3 is 9.15 Å². The summed E-state index contributed by atoms with van der Waals surface area (Å²) in [5.74, 6) is -0.299. The second-order valence-electron chi connectivity index (χ2n) is 5.63. The summed E-state index contributed by atoms with van der Waals surface area (Å²) in [5, 5.41) is -0.172. The highest BCUT2D eigenvalue weighted by Crippen LogP contribution is 2.39. The smallest absolute Gasteiger partial charge is 0.374 e. The number of ether oxygens (including phenoxy) is 1. The molecule has 1 aliphatic heterocycles. The fourth-order valence-electron chi connectivity index (χ4n) is 3.45. The van der Waals surface area contributed by atoms with Crippen LogP contribution in [0.5, 0.6) is 0 Å². The summed E-state index contributed by atoms with van der Waals surface area (Å²) in [4.78, 5) is 11.4. The predicted octanol–water partition coefficient (Wildman–Crippen LogP) is 2.02. The van der Waals surface area contributed by atoms with Crippen LogP contribution in [0.2, 0.25) is 0 Å². The molecule has 0 spiro atoms. The summed E-state index contributed by atoms with van der Waals surface area (Å²) in [6.45, 7) is 0.534. The summed E-state index contributed by atoms with van der Waals surface area (Å²) < 4.78 is 36.7. The van der Waals surface area contributed by atoms with Gasteiger partial charge in [0, 0.05) is 12.6 Å². The first-order valence-electron chi connectivity index (χ1n) is 7.24. The summed E-state index contributed by atoms with van der Waals surface area (Å²) >= 11 is 0. The average molecular weight is 313 g/mol. The van der Waals surface area contributed by atoms with E-state index in [1.165, 1.54) is 25.7 Å². The second-order valence-corrected chi connectivity index (χ2v) is 7.45. The van der Waals surface area contributed by atoms with Crippen molar-refractivity contribution in [3.63, 3.8) is 0 Å². The molecule has 116 valence electrons. The molecule has 2 atom stereocenters. The van der Waals surface area contributed by atoms with E-state index < -0.39 is 16.0 Å². The molecule has 1 aliphatic carbocycles. The van der Waals surface area contributed by atoms with Gasteiger partial charge in [-0.15, -0.1) is 0 Å². The molecule has 0 amide bonds. The van der Waals surface area contributed by atoms with Gasteiger partial charge >= 0.3 is 5.97 Å². The Balaban J connectivity index is 1.86. The molecular weight excluding hydrogens is 294 g/mol. The molecule has 7 heteroatoms. The van der Waals surface area contributed by atoms with Crippen molar-refractivity contribution in [1.29, 1.82) is 0 Å². The van der Waals surface area contributed by atoms with Gasteiger partial charge in [-0.3, -0.25) is 0 Å². The molecule has 3 rings (SSSR count). The van der Waals surface area contributed by atoms with Gasteiger partial charge in [-0.25, -0.2) is 13.2 Å². The van der Waals surface area contributed by atoms with E-state index in [2.05, 4.69) is 4.74 Å². The molecule has 1 saturated heterocycles. The largest absolute Gasteiger partial charge is 0.463 e. The van der Waals surface area contributed by atoms with E-state index in [-0.39, 0.29) is 16.9 Å². The Hall–Kier alpha value is -1.34. The molecule has 0 aromatic carbocycles. The normalized spacial score (nSPS) is 26.5. The van der Waals surface area contributed by atoms with Crippen molar-refractivity contribution in [2.75, 3.05) is 13.7 Å². The highest BCUT2D eigenvalue weighted by molar-refractivity contribution is 7.89.